The summed E-state index contributed by atoms with van der Waals surface area (Å²) in [6.07, 6.45) is 4.02. The Hall–Kier alpha value is -0.880. The zero-order valence-electron chi connectivity index (χ0n) is 10.9. The number of anilines is 1. The molecule has 0 saturated heterocycles. The van der Waals surface area contributed by atoms with Gasteiger partial charge in [-0.1, -0.05) is 18.6 Å². The van der Waals surface area contributed by atoms with Crippen LogP contribution in [-0.2, 0) is 20.6 Å². The molecule has 0 amide bonds. The molecule has 0 radical (unpaired) electrons. The Morgan fingerprint density at radius 2 is 1.95 bits per heavy atom. The summed E-state index contributed by atoms with van der Waals surface area (Å²) in [7, 11) is -4.28. The first kappa shape index (κ1) is 14.5. The standard InChI is InChI=1S/C13H19NO3S2/c1-19(16,17)11-6-4-5-10(9-11)18(15)13-8-3-2-7-12(13)14/h2-3,7-8,10-11H,4-6,9,14H2,1H3. The maximum atomic E-state index is 12.5. The zero-order valence-corrected chi connectivity index (χ0v) is 12.5. The van der Waals surface area contributed by atoms with Gasteiger partial charge in [-0.15, -0.1) is 0 Å². The molecular formula is C13H19NO3S2. The first-order valence-electron chi connectivity index (χ1n) is 6.33. The van der Waals surface area contributed by atoms with E-state index in [-0.39, 0.29) is 10.5 Å². The number of nitrogens with two attached hydrogens (primary N) is 1. The van der Waals surface area contributed by atoms with E-state index in [0.29, 0.717) is 23.4 Å². The van der Waals surface area contributed by atoms with Crippen LogP contribution >= 0.6 is 0 Å². The summed E-state index contributed by atoms with van der Waals surface area (Å²) in [6.45, 7) is 0. The van der Waals surface area contributed by atoms with Gasteiger partial charge >= 0.3 is 0 Å². The fourth-order valence-corrected chi connectivity index (χ4v) is 5.49. The monoisotopic (exact) mass is 301 g/mol. The number of nitrogen functional groups attached to an aromatic ring is 1. The summed E-state index contributed by atoms with van der Waals surface area (Å²) in [6, 6.07) is 7.09. The van der Waals surface area contributed by atoms with Gasteiger partial charge in [-0.05, 0) is 31.4 Å². The average molecular weight is 301 g/mol. The molecule has 106 valence electrons. The second-order valence-corrected chi connectivity index (χ2v) is 9.10. The number of sulfone groups is 1. The summed E-state index contributed by atoms with van der Waals surface area (Å²) in [4.78, 5) is 0.627. The van der Waals surface area contributed by atoms with E-state index < -0.39 is 20.6 Å². The lowest BCUT2D eigenvalue weighted by Crippen LogP contribution is -2.32. The van der Waals surface area contributed by atoms with Gasteiger partial charge in [-0.2, -0.15) is 0 Å². The zero-order chi connectivity index (χ0) is 14.0. The summed E-state index contributed by atoms with van der Waals surface area (Å²) >= 11 is 0. The number of para-hydroxylation sites is 1. The fourth-order valence-electron chi connectivity index (χ4n) is 2.53. The van der Waals surface area contributed by atoms with E-state index in [1.165, 1.54) is 6.26 Å². The predicted molar refractivity (Wildman–Crippen MR) is 78.2 cm³/mol. The minimum Gasteiger partial charge on any atom is -0.398 e. The molecule has 1 aliphatic rings. The summed E-state index contributed by atoms with van der Waals surface area (Å²) in [5, 5.41) is -0.474. The molecule has 2 rings (SSSR count). The molecule has 1 aromatic carbocycles. The smallest absolute Gasteiger partial charge is 0.150 e. The van der Waals surface area contributed by atoms with Crippen molar-refractivity contribution in [2.75, 3.05) is 12.0 Å². The summed E-state index contributed by atoms with van der Waals surface area (Å²) < 4.78 is 35.8. The third kappa shape index (κ3) is 3.36. The second kappa shape index (κ2) is 5.63. The molecular weight excluding hydrogens is 282 g/mol. The maximum absolute atomic E-state index is 12.5. The third-order valence-corrected chi connectivity index (χ3v) is 7.10. The number of hydrogen-bond donors (Lipinski definition) is 1. The van der Waals surface area contributed by atoms with Crippen molar-refractivity contribution in [3.05, 3.63) is 24.3 Å². The van der Waals surface area contributed by atoms with Gasteiger partial charge in [-0.3, -0.25) is 4.21 Å². The van der Waals surface area contributed by atoms with Crippen molar-refractivity contribution in [2.45, 2.75) is 41.1 Å². The largest absolute Gasteiger partial charge is 0.398 e. The Morgan fingerprint density at radius 1 is 1.26 bits per heavy atom. The molecule has 0 aliphatic heterocycles. The molecule has 19 heavy (non-hydrogen) atoms. The van der Waals surface area contributed by atoms with E-state index >= 15 is 0 Å². The average Bonchev–Trinajstić information content (AvgIpc) is 2.38. The molecule has 3 atom stereocenters. The van der Waals surface area contributed by atoms with Crippen molar-refractivity contribution in [2.24, 2.45) is 0 Å². The Kier molecular flexibility index (Phi) is 4.30. The van der Waals surface area contributed by atoms with E-state index in [0.717, 1.165) is 12.8 Å². The van der Waals surface area contributed by atoms with Crippen LogP contribution in [0.3, 0.4) is 0 Å². The molecule has 3 unspecified atom stereocenters. The highest BCUT2D eigenvalue weighted by atomic mass is 32.2. The topological polar surface area (TPSA) is 77.2 Å². The molecule has 1 aromatic rings. The molecule has 4 nitrogen and oxygen atoms in total. The van der Waals surface area contributed by atoms with Crippen LogP contribution in [-0.4, -0.2) is 29.4 Å². The van der Waals surface area contributed by atoms with Crippen molar-refractivity contribution < 1.29 is 12.6 Å². The van der Waals surface area contributed by atoms with Crippen LogP contribution in [0.25, 0.3) is 0 Å². The quantitative estimate of drug-likeness (QED) is 0.863. The Balaban J connectivity index is 2.19. The molecule has 0 heterocycles. The van der Waals surface area contributed by atoms with Crippen LogP contribution < -0.4 is 5.73 Å². The number of hydrogen-bond acceptors (Lipinski definition) is 4. The van der Waals surface area contributed by atoms with Crippen LogP contribution in [0.1, 0.15) is 25.7 Å². The molecule has 1 saturated carbocycles. The number of benzene rings is 1. The van der Waals surface area contributed by atoms with Crippen molar-refractivity contribution in [1.29, 1.82) is 0 Å². The SMILES string of the molecule is CS(=O)(=O)C1CCCC(S(=O)c2ccccc2N)C1. The fraction of sp³-hybridized carbons (Fsp3) is 0.538. The van der Waals surface area contributed by atoms with E-state index in [1.807, 2.05) is 0 Å². The van der Waals surface area contributed by atoms with Gasteiger partial charge in [0.25, 0.3) is 0 Å². The van der Waals surface area contributed by atoms with Crippen molar-refractivity contribution in [3.63, 3.8) is 0 Å². The van der Waals surface area contributed by atoms with Gasteiger partial charge in [0, 0.05) is 17.2 Å². The van der Waals surface area contributed by atoms with Crippen molar-refractivity contribution >= 4 is 26.3 Å². The van der Waals surface area contributed by atoms with Crippen LogP contribution in [0.5, 0.6) is 0 Å². The lowest BCUT2D eigenvalue weighted by Gasteiger charge is -2.27. The first-order valence-corrected chi connectivity index (χ1v) is 9.50. The Morgan fingerprint density at radius 3 is 2.58 bits per heavy atom. The molecule has 0 aromatic heterocycles. The molecule has 2 N–H and O–H groups in total. The van der Waals surface area contributed by atoms with Gasteiger partial charge in [0.15, 0.2) is 0 Å². The van der Waals surface area contributed by atoms with Gasteiger partial charge in [0.1, 0.15) is 9.84 Å². The van der Waals surface area contributed by atoms with Crippen LogP contribution in [0, 0.1) is 0 Å². The molecule has 1 fully saturated rings. The molecule has 1 aliphatic carbocycles. The summed E-state index contributed by atoms with van der Waals surface area (Å²) in [5.41, 5.74) is 6.35. The van der Waals surface area contributed by atoms with Gasteiger partial charge < -0.3 is 5.73 Å². The molecule has 0 bridgehead atoms. The highest BCUT2D eigenvalue weighted by molar-refractivity contribution is 7.91. The molecule has 0 spiro atoms. The van der Waals surface area contributed by atoms with Crippen LogP contribution in [0.15, 0.2) is 29.2 Å². The highest BCUT2D eigenvalue weighted by Gasteiger charge is 2.32. The highest BCUT2D eigenvalue weighted by Crippen LogP contribution is 2.31. The third-order valence-electron chi connectivity index (χ3n) is 3.62. The van der Waals surface area contributed by atoms with Crippen LogP contribution in [0.2, 0.25) is 0 Å². The van der Waals surface area contributed by atoms with E-state index in [4.69, 9.17) is 5.73 Å². The van der Waals surface area contributed by atoms with Gasteiger partial charge in [0.2, 0.25) is 0 Å². The van der Waals surface area contributed by atoms with Gasteiger partial charge in [0.05, 0.1) is 20.9 Å². The minimum absolute atomic E-state index is 0.113. The lowest BCUT2D eigenvalue weighted by atomic mass is 10.00. The Bertz CT molecular complexity index is 583. The molecule has 6 heteroatoms. The van der Waals surface area contributed by atoms with E-state index in [1.54, 1.807) is 24.3 Å². The van der Waals surface area contributed by atoms with Crippen molar-refractivity contribution in [3.8, 4) is 0 Å². The predicted octanol–water partition coefficient (Wildman–Crippen LogP) is 1.73. The van der Waals surface area contributed by atoms with Crippen LogP contribution in [0.4, 0.5) is 5.69 Å². The first-order chi connectivity index (χ1) is 8.89. The van der Waals surface area contributed by atoms with Crippen molar-refractivity contribution in [1.82, 2.24) is 0 Å². The van der Waals surface area contributed by atoms with E-state index in [2.05, 4.69) is 0 Å². The minimum atomic E-state index is -3.05. The maximum Gasteiger partial charge on any atom is 0.150 e. The van der Waals surface area contributed by atoms with E-state index in [9.17, 15) is 12.6 Å². The second-order valence-electron chi connectivity index (χ2n) is 5.08. The normalized spacial score (nSPS) is 25.9. The van der Waals surface area contributed by atoms with Gasteiger partial charge in [-0.25, -0.2) is 8.42 Å². The summed E-state index contributed by atoms with van der Waals surface area (Å²) in [5.74, 6) is 0. The number of rotatable bonds is 3. The lowest BCUT2D eigenvalue weighted by molar-refractivity contribution is 0.487. The Labute approximate surface area is 116 Å².